The van der Waals surface area contributed by atoms with E-state index < -0.39 is 48.4 Å². The van der Waals surface area contributed by atoms with E-state index in [4.69, 9.17) is 30.4 Å². The van der Waals surface area contributed by atoms with Crippen molar-refractivity contribution in [3.8, 4) is 11.5 Å². The summed E-state index contributed by atoms with van der Waals surface area (Å²) < 4.78 is 25.1. The van der Waals surface area contributed by atoms with E-state index >= 15 is 0 Å². The van der Waals surface area contributed by atoms with Crippen LogP contribution < -0.4 is 32.1 Å². The summed E-state index contributed by atoms with van der Waals surface area (Å²) in [6.07, 6.45) is -1.62. The van der Waals surface area contributed by atoms with Gasteiger partial charge in [0, 0.05) is 46.1 Å². The Morgan fingerprint density at radius 2 is 0.838 bits per heavy atom. The van der Waals surface area contributed by atoms with Gasteiger partial charge in [-0.2, -0.15) is 0 Å². The van der Waals surface area contributed by atoms with Crippen molar-refractivity contribution in [3.63, 3.8) is 0 Å². The lowest BCUT2D eigenvalue weighted by molar-refractivity contribution is -0.181. The second-order valence-electron chi connectivity index (χ2n) is 21.4. The number of H-pyrrole nitrogens is 2. The van der Waals surface area contributed by atoms with Crippen LogP contribution in [0.15, 0.2) is 143 Å². The van der Waals surface area contributed by atoms with E-state index in [1.54, 1.807) is 36.4 Å². The molecule has 0 spiro atoms. The molecule has 0 bridgehead atoms. The van der Waals surface area contributed by atoms with Crippen LogP contribution in [0.2, 0.25) is 0 Å². The highest BCUT2D eigenvalue weighted by molar-refractivity contribution is 5.90. The number of pyridine rings is 2. The molecule has 2 aliphatic carbocycles. The molecule has 0 unspecified atom stereocenters. The number of carbonyl (C=O) groups is 2. The Labute approximate surface area is 465 Å². The van der Waals surface area contributed by atoms with Gasteiger partial charge < -0.3 is 50.6 Å². The normalized spacial score (nSPS) is 15.7. The van der Waals surface area contributed by atoms with Gasteiger partial charge in [-0.3, -0.25) is 9.59 Å². The molecule has 6 atom stereocenters. The van der Waals surface area contributed by atoms with Crippen molar-refractivity contribution >= 4 is 33.7 Å². The molecule has 10 rings (SSSR count). The number of ether oxygens (including phenoxy) is 4. The average molecular weight is 1080 g/mol. The number of benzene rings is 6. The number of esters is 2. The van der Waals surface area contributed by atoms with E-state index in [1.807, 2.05) is 60.7 Å². The molecule has 8 N–H and O–H groups in total. The fourth-order valence-corrected chi connectivity index (χ4v) is 12.0. The molecule has 0 amide bonds. The van der Waals surface area contributed by atoms with Crippen molar-refractivity contribution < 1.29 is 38.7 Å². The topological polar surface area (TPSA) is 229 Å². The van der Waals surface area contributed by atoms with Crippen molar-refractivity contribution in [2.75, 3.05) is 0 Å². The molecule has 8 aromatic rings. The Hall–Kier alpha value is -7.88. The fourth-order valence-electron chi connectivity index (χ4n) is 12.0. The van der Waals surface area contributed by atoms with Crippen LogP contribution in [-0.2, 0) is 83.6 Å². The smallest absolute Gasteiger partial charge is 0.339 e. The third-order valence-corrected chi connectivity index (χ3v) is 16.4. The summed E-state index contributed by atoms with van der Waals surface area (Å²) in [7, 11) is 0. The molecule has 6 aromatic carbocycles. The zero-order chi connectivity index (χ0) is 56.2. The van der Waals surface area contributed by atoms with Crippen LogP contribution in [0.1, 0.15) is 107 Å². The molecule has 0 radical (unpaired) electrons. The SMILES string of the molecule is CCc1cc2c(cc1CC)CC([C@@H](N)[C@H](OC(=O)[C@H](O)[C@@H](O)C(=O)O[C@H](c1ccc(OCc3ccccc3)c3[nH]c(=O)ccc13)[C@H](N)C1Cc3cc(CC)c(CC)cc3C1)c1ccc(OCc3ccccc3)c3[nH]c(=O)ccc13)C2. The molecule has 2 aromatic heterocycles. The Kier molecular flexibility index (Phi) is 16.8. The maximum absolute atomic E-state index is 14.6. The number of rotatable bonds is 21. The van der Waals surface area contributed by atoms with Gasteiger partial charge in [-0.25, -0.2) is 9.59 Å². The predicted molar refractivity (Wildman–Crippen MR) is 309 cm³/mol. The average Bonchev–Trinajstić information content (AvgIpc) is 4.12. The van der Waals surface area contributed by atoms with Crippen LogP contribution in [0.4, 0.5) is 0 Å². The first-order valence-electron chi connectivity index (χ1n) is 28.0. The van der Waals surface area contributed by atoms with Gasteiger partial charge in [0.25, 0.3) is 0 Å². The lowest BCUT2D eigenvalue weighted by atomic mass is 9.87. The minimum absolute atomic E-state index is 0.202. The molecule has 0 saturated heterocycles. The molecule has 0 aliphatic heterocycles. The zero-order valence-corrected chi connectivity index (χ0v) is 45.7. The summed E-state index contributed by atoms with van der Waals surface area (Å²) in [4.78, 5) is 60.9. The quantitative estimate of drug-likeness (QED) is 0.0371. The van der Waals surface area contributed by atoms with E-state index in [9.17, 15) is 29.4 Å². The number of carbonyl (C=O) groups excluding carboxylic acids is 2. The maximum atomic E-state index is 14.6. The van der Waals surface area contributed by atoms with Gasteiger partial charge in [0.2, 0.25) is 11.1 Å². The van der Waals surface area contributed by atoms with Gasteiger partial charge in [0.1, 0.15) is 36.9 Å². The van der Waals surface area contributed by atoms with Crippen molar-refractivity contribution in [2.45, 2.75) is 129 Å². The number of aliphatic hydroxyl groups excluding tert-OH is 2. The number of fused-ring (bicyclic) bond motifs is 4. The molecule has 2 aliphatic rings. The minimum Gasteiger partial charge on any atom is -0.487 e. The third-order valence-electron chi connectivity index (χ3n) is 16.4. The third kappa shape index (κ3) is 11.6. The van der Waals surface area contributed by atoms with E-state index in [0.29, 0.717) is 70.1 Å². The highest BCUT2D eigenvalue weighted by Gasteiger charge is 2.42. The predicted octanol–water partition coefficient (Wildman–Crippen LogP) is 8.85. The summed E-state index contributed by atoms with van der Waals surface area (Å²) >= 11 is 0. The van der Waals surface area contributed by atoms with Crippen molar-refractivity contribution in [1.82, 2.24) is 9.97 Å². The number of hydrogen-bond acceptors (Lipinski definition) is 12. The van der Waals surface area contributed by atoms with E-state index in [0.717, 1.165) is 59.1 Å². The Balaban J connectivity index is 0.967. The Bertz CT molecular complexity index is 3370. The number of hydrogen-bond donors (Lipinski definition) is 6. The first kappa shape index (κ1) is 55.4. The van der Waals surface area contributed by atoms with Gasteiger partial charge in [-0.1, -0.05) is 125 Å². The zero-order valence-electron chi connectivity index (χ0n) is 45.7. The van der Waals surface area contributed by atoms with Crippen LogP contribution >= 0.6 is 0 Å². The van der Waals surface area contributed by atoms with E-state index in [2.05, 4.69) is 61.9 Å². The number of nitrogens with two attached hydrogens (primary N) is 2. The summed E-state index contributed by atoms with van der Waals surface area (Å²) in [5.74, 6) is -2.42. The Morgan fingerprint density at radius 1 is 0.500 bits per heavy atom. The molecule has 80 heavy (non-hydrogen) atoms. The highest BCUT2D eigenvalue weighted by atomic mass is 16.6. The minimum atomic E-state index is -2.45. The first-order chi connectivity index (χ1) is 38.7. The fraction of sp³-hybridized carbons (Fsp3) is 0.333. The largest absolute Gasteiger partial charge is 0.487 e. The van der Waals surface area contributed by atoms with E-state index in [-0.39, 0.29) is 36.2 Å². The number of aromatic nitrogens is 2. The van der Waals surface area contributed by atoms with Crippen LogP contribution in [0.5, 0.6) is 11.5 Å². The Morgan fingerprint density at radius 3 is 1.16 bits per heavy atom. The summed E-state index contributed by atoms with van der Waals surface area (Å²) in [5.41, 5.74) is 26.8. The molecule has 414 valence electrons. The highest BCUT2D eigenvalue weighted by Crippen LogP contribution is 2.42. The van der Waals surface area contributed by atoms with Crippen LogP contribution in [0, 0.1) is 11.8 Å². The lowest BCUT2D eigenvalue weighted by Gasteiger charge is -2.32. The number of nitrogens with one attached hydrogen (secondary N) is 2. The molecule has 2 heterocycles. The molecular formula is C66H70N4O10. The van der Waals surface area contributed by atoms with Gasteiger partial charge in [0.05, 0.1) is 11.0 Å². The molecule has 14 heteroatoms. The lowest BCUT2D eigenvalue weighted by Crippen LogP contribution is -2.46. The van der Waals surface area contributed by atoms with Crippen LogP contribution in [0.25, 0.3) is 21.8 Å². The molecular weight excluding hydrogens is 1010 g/mol. The van der Waals surface area contributed by atoms with Crippen molar-refractivity contribution in [3.05, 3.63) is 221 Å². The summed E-state index contributed by atoms with van der Waals surface area (Å²) in [5, 5.41) is 24.6. The molecule has 0 saturated carbocycles. The van der Waals surface area contributed by atoms with Crippen molar-refractivity contribution in [1.29, 1.82) is 0 Å². The van der Waals surface area contributed by atoms with Gasteiger partial charge in [-0.15, -0.1) is 0 Å². The second kappa shape index (κ2) is 24.2. The summed E-state index contributed by atoms with van der Waals surface area (Å²) in [6, 6.07) is 39.0. The van der Waals surface area contributed by atoms with Gasteiger partial charge >= 0.3 is 11.9 Å². The molecule has 0 fully saturated rings. The van der Waals surface area contributed by atoms with Crippen molar-refractivity contribution in [2.24, 2.45) is 23.3 Å². The summed E-state index contributed by atoms with van der Waals surface area (Å²) in [6.45, 7) is 8.93. The van der Waals surface area contributed by atoms with E-state index in [1.165, 1.54) is 34.4 Å². The number of aliphatic hydroxyl groups is 2. The van der Waals surface area contributed by atoms with Crippen LogP contribution in [0.3, 0.4) is 0 Å². The van der Waals surface area contributed by atoms with Gasteiger partial charge in [0.15, 0.2) is 12.2 Å². The monoisotopic (exact) mass is 1080 g/mol. The molecule has 14 nitrogen and oxygen atoms in total. The number of aryl methyl sites for hydroxylation is 4. The van der Waals surface area contributed by atoms with Crippen LogP contribution in [-0.4, -0.2) is 56.4 Å². The standard InChI is InChI=1S/C66H70N4O10/c1-5-39-27-43-31-47(32-44(43)28-40(39)6-2)57(67)63(51-19-23-53(59-49(51)21-25-55(71)69-59)77-35-37-15-11-9-12-16-37)79-65(75)61(73)62(74)66(76)80-64(58(68)48-33-45-29-41(7-3)42(8-4)30-46(45)34-48)52-20-24-54(60-50(52)22-26-56(72)70-60)78-36-38-17-13-10-14-18-38/h9-30,47-48,57-58,61-64,73-74H,5-8,31-36,67-68H2,1-4H3,(H,69,71)(H,70,72)/t57-,58-,61-,62-,63-,64-/m1/s1. The van der Waals surface area contributed by atoms with Gasteiger partial charge in [-0.05, 0) is 143 Å². The first-order valence-corrected chi connectivity index (χ1v) is 28.0. The second-order valence-corrected chi connectivity index (χ2v) is 21.4. The number of aromatic amines is 2. The maximum Gasteiger partial charge on any atom is 0.339 e.